The number of benzene rings is 1. The minimum Gasteiger partial charge on any atom is -0.269 e. The zero-order chi connectivity index (χ0) is 10.8. The average Bonchev–Trinajstić information content (AvgIpc) is 2.55. The first-order chi connectivity index (χ1) is 7.24. The number of hydrogen-bond donors (Lipinski definition) is 1. The Labute approximate surface area is 86.9 Å². The molecule has 5 nitrogen and oxygen atoms in total. The third-order valence-electron chi connectivity index (χ3n) is 2.23. The lowest BCUT2D eigenvalue weighted by Gasteiger charge is -2.11. The zero-order valence-electron chi connectivity index (χ0n) is 8.21. The molecule has 0 saturated carbocycles. The molecule has 1 aliphatic rings. The lowest BCUT2D eigenvalue weighted by atomic mass is 10.2. The molecule has 1 aliphatic heterocycles. The fourth-order valence-corrected chi connectivity index (χ4v) is 1.46. The van der Waals surface area contributed by atoms with Gasteiger partial charge in [0.1, 0.15) is 0 Å². The molecule has 0 fully saturated rings. The molecule has 1 atom stereocenters. The van der Waals surface area contributed by atoms with Crippen molar-refractivity contribution in [2.75, 3.05) is 5.01 Å². The topological polar surface area (TPSA) is 68.9 Å². The van der Waals surface area contributed by atoms with Crippen LogP contribution in [0, 0.1) is 5.53 Å². The minimum absolute atomic E-state index is 0.270. The maximum Gasteiger partial charge on any atom is 0.280 e. The Hall–Kier alpha value is -2.04. The van der Waals surface area contributed by atoms with Crippen molar-refractivity contribution in [2.45, 2.75) is 13.0 Å². The van der Waals surface area contributed by atoms with E-state index in [0.717, 1.165) is 0 Å². The SMILES string of the molecule is CC1=NN(c2ccccc2)C(=O)C1N=N. The Bertz CT molecular complexity index is 426. The van der Waals surface area contributed by atoms with E-state index in [9.17, 15) is 4.79 Å². The molecule has 0 aromatic heterocycles. The second-order valence-corrected chi connectivity index (χ2v) is 3.26. The van der Waals surface area contributed by atoms with Crippen LogP contribution in [-0.4, -0.2) is 17.7 Å². The van der Waals surface area contributed by atoms with Crippen LogP contribution in [0.5, 0.6) is 0 Å². The van der Waals surface area contributed by atoms with Gasteiger partial charge in [0.2, 0.25) is 0 Å². The Morgan fingerprint density at radius 1 is 1.40 bits per heavy atom. The monoisotopic (exact) mass is 202 g/mol. The van der Waals surface area contributed by atoms with E-state index in [1.54, 1.807) is 19.1 Å². The van der Waals surface area contributed by atoms with E-state index in [1.807, 2.05) is 18.2 Å². The molecule has 0 radical (unpaired) electrons. The Morgan fingerprint density at radius 3 is 2.60 bits per heavy atom. The predicted octanol–water partition coefficient (Wildman–Crippen LogP) is 1.81. The summed E-state index contributed by atoms with van der Waals surface area (Å²) in [6.07, 6.45) is 0. The highest BCUT2D eigenvalue weighted by molar-refractivity contribution is 6.18. The Kier molecular flexibility index (Phi) is 2.29. The number of amides is 1. The van der Waals surface area contributed by atoms with Crippen LogP contribution in [0.25, 0.3) is 0 Å². The van der Waals surface area contributed by atoms with Gasteiger partial charge in [0, 0.05) is 0 Å². The van der Waals surface area contributed by atoms with Crippen molar-refractivity contribution in [2.24, 2.45) is 10.2 Å². The van der Waals surface area contributed by atoms with E-state index in [4.69, 9.17) is 5.53 Å². The van der Waals surface area contributed by atoms with E-state index < -0.39 is 6.04 Å². The Morgan fingerprint density at radius 2 is 2.07 bits per heavy atom. The van der Waals surface area contributed by atoms with Gasteiger partial charge in [-0.1, -0.05) is 18.2 Å². The third-order valence-corrected chi connectivity index (χ3v) is 2.23. The number of nitrogens with zero attached hydrogens (tertiary/aromatic N) is 3. The maximum atomic E-state index is 11.7. The van der Waals surface area contributed by atoms with E-state index in [-0.39, 0.29) is 5.91 Å². The van der Waals surface area contributed by atoms with E-state index in [2.05, 4.69) is 10.2 Å². The lowest BCUT2D eigenvalue weighted by Crippen LogP contribution is -2.29. The van der Waals surface area contributed by atoms with Crippen molar-refractivity contribution in [3.05, 3.63) is 30.3 Å². The summed E-state index contributed by atoms with van der Waals surface area (Å²) in [5.74, 6) is -0.270. The maximum absolute atomic E-state index is 11.7. The minimum atomic E-state index is -0.745. The first kappa shape index (κ1) is 9.51. The quantitative estimate of drug-likeness (QED) is 0.730. The summed E-state index contributed by atoms with van der Waals surface area (Å²) in [4.78, 5) is 11.7. The van der Waals surface area contributed by atoms with Crippen molar-refractivity contribution in [1.29, 1.82) is 5.53 Å². The number of hydrogen-bond acceptors (Lipinski definition) is 4. The standard InChI is InChI=1S/C10H10N4O/c1-7-9(12-11)10(15)14(13-7)8-5-3-2-4-6-8/h2-6,9,11H,1H3. The summed E-state index contributed by atoms with van der Waals surface area (Å²) >= 11 is 0. The third kappa shape index (κ3) is 1.52. The van der Waals surface area contributed by atoms with Gasteiger partial charge in [0.25, 0.3) is 5.91 Å². The van der Waals surface area contributed by atoms with Crippen LogP contribution in [-0.2, 0) is 4.79 Å². The van der Waals surface area contributed by atoms with Crippen LogP contribution < -0.4 is 5.01 Å². The zero-order valence-corrected chi connectivity index (χ0v) is 8.21. The molecule has 5 heteroatoms. The van der Waals surface area contributed by atoms with Gasteiger partial charge < -0.3 is 0 Å². The number of para-hydroxylation sites is 1. The smallest absolute Gasteiger partial charge is 0.269 e. The molecule has 0 spiro atoms. The van der Waals surface area contributed by atoms with Crippen molar-refractivity contribution in [3.8, 4) is 0 Å². The van der Waals surface area contributed by atoms with Crippen LogP contribution in [0.1, 0.15) is 6.92 Å². The molecule has 0 saturated heterocycles. The van der Waals surface area contributed by atoms with Gasteiger partial charge >= 0.3 is 0 Å². The summed E-state index contributed by atoms with van der Waals surface area (Å²) in [6.45, 7) is 1.70. The Balaban J connectivity index is 2.35. The van der Waals surface area contributed by atoms with Crippen LogP contribution in [0.2, 0.25) is 0 Å². The number of rotatable bonds is 2. The van der Waals surface area contributed by atoms with Crippen LogP contribution in [0.3, 0.4) is 0 Å². The van der Waals surface area contributed by atoms with Crippen molar-refractivity contribution in [1.82, 2.24) is 0 Å². The van der Waals surface area contributed by atoms with Crippen molar-refractivity contribution >= 4 is 17.3 Å². The van der Waals surface area contributed by atoms with Crippen LogP contribution in [0.4, 0.5) is 5.69 Å². The van der Waals surface area contributed by atoms with Gasteiger partial charge in [-0.25, -0.2) is 5.53 Å². The summed E-state index contributed by atoms with van der Waals surface area (Å²) in [5, 5.41) is 8.62. The molecule has 1 aromatic rings. The predicted molar refractivity (Wildman–Crippen MR) is 56.0 cm³/mol. The molecule has 1 heterocycles. The molecular formula is C10H10N4O. The fraction of sp³-hybridized carbons (Fsp3) is 0.200. The van der Waals surface area contributed by atoms with Gasteiger partial charge in [-0.05, 0) is 19.1 Å². The summed E-state index contributed by atoms with van der Waals surface area (Å²) in [7, 11) is 0. The highest BCUT2D eigenvalue weighted by Gasteiger charge is 2.34. The second-order valence-electron chi connectivity index (χ2n) is 3.26. The van der Waals surface area contributed by atoms with Crippen molar-refractivity contribution in [3.63, 3.8) is 0 Å². The summed E-state index contributed by atoms with van der Waals surface area (Å²) in [6, 6.07) is 8.37. The van der Waals surface area contributed by atoms with E-state index >= 15 is 0 Å². The molecule has 0 aliphatic carbocycles. The van der Waals surface area contributed by atoms with Gasteiger partial charge in [-0.3, -0.25) is 4.79 Å². The number of anilines is 1. The van der Waals surface area contributed by atoms with E-state index in [0.29, 0.717) is 11.4 Å². The first-order valence-electron chi connectivity index (χ1n) is 4.54. The number of carbonyl (C=O) groups is 1. The van der Waals surface area contributed by atoms with Gasteiger partial charge in [0.15, 0.2) is 6.04 Å². The number of carbonyl (C=O) groups excluding carboxylic acids is 1. The molecule has 1 aromatic carbocycles. The highest BCUT2D eigenvalue weighted by Crippen LogP contribution is 2.21. The molecule has 76 valence electrons. The van der Waals surface area contributed by atoms with Gasteiger partial charge in [-0.15, -0.1) is 0 Å². The molecular weight excluding hydrogens is 192 g/mol. The van der Waals surface area contributed by atoms with Gasteiger partial charge in [-0.2, -0.15) is 15.2 Å². The molecule has 2 rings (SSSR count). The lowest BCUT2D eigenvalue weighted by molar-refractivity contribution is -0.117. The van der Waals surface area contributed by atoms with Crippen molar-refractivity contribution < 1.29 is 4.79 Å². The van der Waals surface area contributed by atoms with E-state index in [1.165, 1.54) is 5.01 Å². The molecule has 15 heavy (non-hydrogen) atoms. The molecule has 0 bridgehead atoms. The average molecular weight is 202 g/mol. The van der Waals surface area contributed by atoms with Crippen LogP contribution >= 0.6 is 0 Å². The number of nitrogens with one attached hydrogen (secondary N) is 1. The highest BCUT2D eigenvalue weighted by atomic mass is 16.2. The van der Waals surface area contributed by atoms with Gasteiger partial charge in [0.05, 0.1) is 11.4 Å². The second kappa shape index (κ2) is 3.61. The largest absolute Gasteiger partial charge is 0.280 e. The summed E-state index contributed by atoms with van der Waals surface area (Å²) < 4.78 is 0. The summed E-state index contributed by atoms with van der Waals surface area (Å²) in [5.41, 5.74) is 8.17. The molecule has 1 amide bonds. The van der Waals surface area contributed by atoms with Crippen LogP contribution in [0.15, 0.2) is 40.5 Å². The normalized spacial score (nSPS) is 20.3. The fourth-order valence-electron chi connectivity index (χ4n) is 1.46. The molecule has 1 unspecified atom stereocenters. The first-order valence-corrected chi connectivity index (χ1v) is 4.54. The number of hydrazone groups is 1. The molecule has 1 N–H and O–H groups in total.